The molecule has 0 radical (unpaired) electrons. The Morgan fingerprint density at radius 1 is 1.25 bits per heavy atom. The van der Waals surface area contributed by atoms with Crippen LogP contribution >= 0.6 is 0 Å². The van der Waals surface area contributed by atoms with E-state index >= 15 is 0 Å². The van der Waals surface area contributed by atoms with Gasteiger partial charge in [0.15, 0.2) is 0 Å². The van der Waals surface area contributed by atoms with Gasteiger partial charge in [0.1, 0.15) is 0 Å². The zero-order chi connectivity index (χ0) is 11.6. The summed E-state index contributed by atoms with van der Waals surface area (Å²) in [6.45, 7) is 5.35. The predicted molar refractivity (Wildman–Crippen MR) is 67.5 cm³/mol. The van der Waals surface area contributed by atoms with E-state index in [9.17, 15) is 4.79 Å². The van der Waals surface area contributed by atoms with E-state index in [1.165, 1.54) is 5.19 Å². The van der Waals surface area contributed by atoms with Gasteiger partial charge in [-0.05, 0) is 12.0 Å². The van der Waals surface area contributed by atoms with Gasteiger partial charge in [0.05, 0.1) is 14.7 Å². The van der Waals surface area contributed by atoms with Crippen LogP contribution in [0.1, 0.15) is 12.8 Å². The van der Waals surface area contributed by atoms with Gasteiger partial charge in [-0.25, -0.2) is 0 Å². The van der Waals surface area contributed by atoms with Crippen LogP contribution in [0.15, 0.2) is 30.3 Å². The van der Waals surface area contributed by atoms with Crippen LogP contribution in [0.3, 0.4) is 0 Å². The van der Waals surface area contributed by atoms with E-state index in [0.717, 1.165) is 6.42 Å². The first-order chi connectivity index (χ1) is 7.60. The van der Waals surface area contributed by atoms with Gasteiger partial charge in [0.2, 0.25) is 0 Å². The third-order valence-corrected chi connectivity index (χ3v) is 8.00. The van der Waals surface area contributed by atoms with Crippen LogP contribution in [0.5, 0.6) is 0 Å². The molecule has 0 spiro atoms. The van der Waals surface area contributed by atoms with Gasteiger partial charge in [-0.2, -0.15) is 0 Å². The van der Waals surface area contributed by atoms with Crippen molar-refractivity contribution in [3.8, 4) is 0 Å². The Labute approximate surface area is 97.6 Å². The smallest absolute Gasteiger partial charge is 0.305 e. The van der Waals surface area contributed by atoms with Crippen LogP contribution in [0, 0.1) is 0 Å². The number of ether oxygens (including phenoxy) is 1. The molecule has 2 nitrogen and oxygen atoms in total. The number of hydrogen-bond donors (Lipinski definition) is 0. The van der Waals surface area contributed by atoms with Gasteiger partial charge < -0.3 is 4.74 Å². The lowest BCUT2D eigenvalue weighted by molar-refractivity contribution is -0.146. The van der Waals surface area contributed by atoms with Crippen molar-refractivity contribution in [3.63, 3.8) is 0 Å². The number of esters is 1. The van der Waals surface area contributed by atoms with Crippen LogP contribution < -0.4 is 5.19 Å². The van der Waals surface area contributed by atoms with Crippen molar-refractivity contribution in [3.05, 3.63) is 30.3 Å². The summed E-state index contributed by atoms with van der Waals surface area (Å²) in [4.78, 5) is 11.1. The van der Waals surface area contributed by atoms with Gasteiger partial charge >= 0.3 is 5.97 Å². The highest BCUT2D eigenvalue weighted by molar-refractivity contribution is 6.91. The highest BCUT2D eigenvalue weighted by atomic mass is 28.3. The molecule has 1 unspecified atom stereocenters. The summed E-state index contributed by atoms with van der Waals surface area (Å²) in [6.07, 6.45) is 1.58. The quantitative estimate of drug-likeness (QED) is 0.580. The molecule has 1 saturated heterocycles. The molecule has 1 heterocycles. The van der Waals surface area contributed by atoms with Crippen molar-refractivity contribution in [2.45, 2.75) is 31.5 Å². The second-order valence-corrected chi connectivity index (χ2v) is 9.84. The first kappa shape index (κ1) is 11.4. The Morgan fingerprint density at radius 3 is 2.50 bits per heavy atom. The minimum atomic E-state index is -1.49. The highest BCUT2D eigenvalue weighted by Crippen LogP contribution is 2.30. The number of benzene rings is 1. The van der Waals surface area contributed by atoms with Crippen molar-refractivity contribution in [1.82, 2.24) is 0 Å². The molecule has 2 rings (SSSR count). The molecule has 1 aromatic carbocycles. The second kappa shape index (κ2) is 4.42. The molecule has 1 atom stereocenters. The van der Waals surface area contributed by atoms with Crippen LogP contribution in [0.2, 0.25) is 18.6 Å². The molecule has 0 aromatic heterocycles. The second-order valence-electron chi connectivity index (χ2n) is 5.01. The number of hydrogen-bond acceptors (Lipinski definition) is 2. The molecule has 1 aromatic rings. The van der Waals surface area contributed by atoms with Gasteiger partial charge in [-0.3, -0.25) is 4.79 Å². The van der Waals surface area contributed by atoms with Crippen molar-refractivity contribution >= 4 is 19.2 Å². The number of carbonyl (C=O) groups is 1. The Morgan fingerprint density at radius 2 is 1.94 bits per heavy atom. The molecule has 0 aliphatic carbocycles. The molecule has 0 amide bonds. The monoisotopic (exact) mass is 234 g/mol. The Balaban J connectivity index is 2.16. The van der Waals surface area contributed by atoms with E-state index in [1.807, 2.05) is 0 Å². The van der Waals surface area contributed by atoms with E-state index in [2.05, 4.69) is 43.4 Å². The summed E-state index contributed by atoms with van der Waals surface area (Å²) in [7, 11) is -1.49. The SMILES string of the molecule is C[Si](C)(c1ccccc1)C1CCC(=O)OC1. The summed E-state index contributed by atoms with van der Waals surface area (Å²) < 4.78 is 5.19. The largest absolute Gasteiger partial charge is 0.466 e. The van der Waals surface area contributed by atoms with E-state index < -0.39 is 8.07 Å². The zero-order valence-corrected chi connectivity index (χ0v) is 10.9. The molecule has 16 heavy (non-hydrogen) atoms. The summed E-state index contributed by atoms with van der Waals surface area (Å²) in [5.74, 6) is -0.0332. The molecule has 3 heteroatoms. The molecule has 1 aliphatic rings. The first-order valence-corrected chi connectivity index (χ1v) is 8.89. The maximum Gasteiger partial charge on any atom is 0.305 e. The summed E-state index contributed by atoms with van der Waals surface area (Å²) in [5.41, 5.74) is 0.563. The zero-order valence-electron chi connectivity index (χ0n) is 9.90. The van der Waals surface area contributed by atoms with Crippen LogP contribution in [-0.4, -0.2) is 20.7 Å². The third-order valence-electron chi connectivity index (χ3n) is 3.68. The molecule has 1 aliphatic heterocycles. The van der Waals surface area contributed by atoms with Gasteiger partial charge in [-0.15, -0.1) is 0 Å². The fourth-order valence-corrected chi connectivity index (χ4v) is 5.20. The lowest BCUT2D eigenvalue weighted by atomic mass is 10.2. The minimum absolute atomic E-state index is 0.0332. The summed E-state index contributed by atoms with van der Waals surface area (Å²) >= 11 is 0. The maximum absolute atomic E-state index is 11.1. The van der Waals surface area contributed by atoms with Crippen molar-refractivity contribution in [2.75, 3.05) is 6.61 Å². The van der Waals surface area contributed by atoms with E-state index in [0.29, 0.717) is 18.6 Å². The lowest BCUT2D eigenvalue weighted by Crippen LogP contribution is -2.48. The molecule has 0 bridgehead atoms. The normalized spacial score (nSPS) is 21.6. The summed E-state index contributed by atoms with van der Waals surface area (Å²) in [6, 6.07) is 10.7. The molecular formula is C13H18O2Si. The van der Waals surface area contributed by atoms with E-state index in [1.54, 1.807) is 0 Å². The fourth-order valence-electron chi connectivity index (χ4n) is 2.31. The molecule has 86 valence electrons. The standard InChI is InChI=1S/C13H18O2Si/c1-16(2,11-6-4-3-5-7-11)12-8-9-13(14)15-10-12/h3-7,12H,8-10H2,1-2H3. The minimum Gasteiger partial charge on any atom is -0.466 e. The molecule has 0 N–H and O–H groups in total. The van der Waals surface area contributed by atoms with E-state index in [-0.39, 0.29) is 5.97 Å². The van der Waals surface area contributed by atoms with Crippen LogP contribution in [0.4, 0.5) is 0 Å². The number of rotatable bonds is 2. The highest BCUT2D eigenvalue weighted by Gasteiger charge is 2.36. The Bertz CT molecular complexity index is 363. The molecular weight excluding hydrogens is 216 g/mol. The van der Waals surface area contributed by atoms with Gasteiger partial charge in [-0.1, -0.05) is 48.6 Å². The third kappa shape index (κ3) is 2.19. The number of cyclic esters (lactones) is 1. The molecule has 1 fully saturated rings. The van der Waals surface area contributed by atoms with Crippen LogP contribution in [0.25, 0.3) is 0 Å². The predicted octanol–water partition coefficient (Wildman–Crippen LogP) is 2.31. The van der Waals surface area contributed by atoms with Crippen molar-refractivity contribution in [2.24, 2.45) is 0 Å². The summed E-state index contributed by atoms with van der Waals surface area (Å²) in [5, 5.41) is 1.46. The van der Waals surface area contributed by atoms with Crippen molar-refractivity contribution in [1.29, 1.82) is 0 Å². The van der Waals surface area contributed by atoms with Gasteiger partial charge in [0.25, 0.3) is 0 Å². The Kier molecular flexibility index (Phi) is 3.14. The lowest BCUT2D eigenvalue weighted by Gasteiger charge is -2.34. The fraction of sp³-hybridized carbons (Fsp3) is 0.462. The maximum atomic E-state index is 11.1. The first-order valence-electron chi connectivity index (χ1n) is 5.82. The average Bonchev–Trinajstić information content (AvgIpc) is 2.31. The van der Waals surface area contributed by atoms with E-state index in [4.69, 9.17) is 4.74 Å². The van der Waals surface area contributed by atoms with Gasteiger partial charge in [0, 0.05) is 6.42 Å². The average molecular weight is 234 g/mol. The Hall–Kier alpha value is -1.09. The molecule has 0 saturated carbocycles. The van der Waals surface area contributed by atoms with Crippen LogP contribution in [-0.2, 0) is 9.53 Å². The van der Waals surface area contributed by atoms with Crippen molar-refractivity contribution < 1.29 is 9.53 Å². The topological polar surface area (TPSA) is 26.3 Å². The number of carbonyl (C=O) groups excluding carboxylic acids is 1.